The predicted octanol–water partition coefficient (Wildman–Crippen LogP) is 5.12. The van der Waals surface area contributed by atoms with Gasteiger partial charge < -0.3 is 14.6 Å². The van der Waals surface area contributed by atoms with E-state index in [1.165, 1.54) is 11.6 Å². The van der Waals surface area contributed by atoms with Gasteiger partial charge in [0.2, 0.25) is 0 Å². The van der Waals surface area contributed by atoms with Gasteiger partial charge in [0.25, 0.3) is 0 Å². The maximum absolute atomic E-state index is 13.8. The molecule has 1 fully saturated rings. The van der Waals surface area contributed by atoms with Crippen molar-refractivity contribution in [2.45, 2.75) is 71.2 Å². The zero-order chi connectivity index (χ0) is 24.6. The number of nitrogens with zero attached hydrogens (tertiary/aromatic N) is 2. The second-order valence-corrected chi connectivity index (χ2v) is 9.99. The molecule has 0 aliphatic carbocycles. The number of ether oxygens (including phenoxy) is 2. The number of benzene rings is 2. The lowest BCUT2D eigenvalue weighted by molar-refractivity contribution is -0.0177. The van der Waals surface area contributed by atoms with Crippen LogP contribution in [0.3, 0.4) is 0 Å². The highest BCUT2D eigenvalue weighted by atomic mass is 19.1. The Morgan fingerprint density at radius 1 is 0.971 bits per heavy atom. The van der Waals surface area contributed by atoms with Gasteiger partial charge in [0.05, 0.1) is 5.60 Å². The van der Waals surface area contributed by atoms with Crippen molar-refractivity contribution in [3.63, 3.8) is 0 Å². The summed E-state index contributed by atoms with van der Waals surface area (Å²) in [5.74, 6) is 0.693. The van der Waals surface area contributed by atoms with Gasteiger partial charge in [-0.05, 0) is 83.3 Å². The van der Waals surface area contributed by atoms with Gasteiger partial charge in [-0.25, -0.2) is 4.39 Å². The summed E-state index contributed by atoms with van der Waals surface area (Å²) in [5.41, 5.74) is 0.292. The molecule has 34 heavy (non-hydrogen) atoms. The third-order valence-electron chi connectivity index (χ3n) is 6.62. The largest absolute Gasteiger partial charge is 0.492 e. The van der Waals surface area contributed by atoms with E-state index in [2.05, 4.69) is 49.6 Å². The van der Waals surface area contributed by atoms with Crippen molar-refractivity contribution in [1.82, 2.24) is 9.80 Å². The summed E-state index contributed by atoms with van der Waals surface area (Å²) in [6.45, 7) is 13.1. The second kappa shape index (κ2) is 12.5. The first-order valence-corrected chi connectivity index (χ1v) is 12.6. The van der Waals surface area contributed by atoms with Gasteiger partial charge >= 0.3 is 0 Å². The van der Waals surface area contributed by atoms with Crippen molar-refractivity contribution in [2.24, 2.45) is 0 Å². The molecule has 6 heteroatoms. The summed E-state index contributed by atoms with van der Waals surface area (Å²) in [4.78, 5) is 4.79. The molecule has 1 atom stereocenters. The monoisotopic (exact) mass is 472 g/mol. The van der Waals surface area contributed by atoms with Gasteiger partial charge in [0, 0.05) is 31.7 Å². The number of hydrogen-bond acceptors (Lipinski definition) is 5. The summed E-state index contributed by atoms with van der Waals surface area (Å²) >= 11 is 0. The number of para-hydroxylation sites is 1. The van der Waals surface area contributed by atoms with Crippen LogP contribution in [-0.2, 0) is 6.54 Å². The summed E-state index contributed by atoms with van der Waals surface area (Å²) in [7, 11) is 0. The highest BCUT2D eigenvalue weighted by Gasteiger charge is 2.31. The summed E-state index contributed by atoms with van der Waals surface area (Å²) in [6, 6.07) is 15.7. The first kappa shape index (κ1) is 26.5. The first-order chi connectivity index (χ1) is 16.3. The molecule has 0 amide bonds. The van der Waals surface area contributed by atoms with E-state index in [1.54, 1.807) is 18.2 Å². The number of rotatable bonds is 11. The van der Waals surface area contributed by atoms with Crippen LogP contribution in [0, 0.1) is 5.82 Å². The van der Waals surface area contributed by atoms with Crippen LogP contribution in [-0.4, -0.2) is 65.4 Å². The maximum Gasteiger partial charge on any atom is 0.165 e. The van der Waals surface area contributed by atoms with Crippen molar-refractivity contribution in [1.29, 1.82) is 0 Å². The van der Waals surface area contributed by atoms with Gasteiger partial charge in [-0.3, -0.25) is 9.80 Å². The number of likely N-dealkylation sites (tertiary alicyclic amines) is 1. The molecule has 0 aromatic heterocycles. The fraction of sp³-hybridized carbons (Fsp3) is 0.571. The average molecular weight is 473 g/mol. The lowest BCUT2D eigenvalue weighted by Gasteiger charge is -2.30. The second-order valence-electron chi connectivity index (χ2n) is 9.99. The highest BCUT2D eigenvalue weighted by Crippen LogP contribution is 2.26. The van der Waals surface area contributed by atoms with Gasteiger partial charge in [0.1, 0.15) is 19.0 Å². The summed E-state index contributed by atoms with van der Waals surface area (Å²) < 4.78 is 25.4. The topological polar surface area (TPSA) is 45.2 Å². The van der Waals surface area contributed by atoms with E-state index >= 15 is 0 Å². The van der Waals surface area contributed by atoms with E-state index in [-0.39, 0.29) is 12.4 Å². The van der Waals surface area contributed by atoms with E-state index in [0.29, 0.717) is 31.5 Å². The third kappa shape index (κ3) is 7.97. The number of halogens is 1. The SMILES string of the molecule is CC(C)N(CCOc1ccc(CN2CCC[C@@](O)(COc3ccccc3F)CC2)cc1)C(C)C. The molecule has 0 unspecified atom stereocenters. The van der Waals surface area contributed by atoms with Crippen LogP contribution in [0.2, 0.25) is 0 Å². The number of aliphatic hydroxyl groups is 1. The van der Waals surface area contributed by atoms with Crippen molar-refractivity contribution in [3.8, 4) is 11.5 Å². The molecule has 2 aromatic carbocycles. The minimum Gasteiger partial charge on any atom is -0.492 e. The Kier molecular flexibility index (Phi) is 9.74. The Hall–Kier alpha value is -2.15. The minimum absolute atomic E-state index is 0.110. The fourth-order valence-corrected chi connectivity index (χ4v) is 4.64. The van der Waals surface area contributed by atoms with Crippen molar-refractivity contribution >= 4 is 0 Å². The normalized spacial score (nSPS) is 19.6. The average Bonchev–Trinajstić information content (AvgIpc) is 2.98. The molecule has 1 aliphatic heterocycles. The van der Waals surface area contributed by atoms with E-state index in [9.17, 15) is 9.50 Å². The van der Waals surface area contributed by atoms with Crippen molar-refractivity contribution in [3.05, 3.63) is 59.9 Å². The van der Waals surface area contributed by atoms with Gasteiger partial charge in [-0.1, -0.05) is 24.3 Å². The van der Waals surface area contributed by atoms with E-state index in [1.807, 2.05) is 12.1 Å². The first-order valence-electron chi connectivity index (χ1n) is 12.6. The molecule has 0 saturated carbocycles. The van der Waals surface area contributed by atoms with Gasteiger partial charge in [-0.15, -0.1) is 0 Å². The zero-order valence-corrected chi connectivity index (χ0v) is 21.2. The molecule has 0 bridgehead atoms. The molecular formula is C28H41FN2O3. The Bertz CT molecular complexity index is 866. The summed E-state index contributed by atoms with van der Waals surface area (Å²) in [6.07, 6.45) is 2.12. The minimum atomic E-state index is -0.936. The lowest BCUT2D eigenvalue weighted by atomic mass is 9.96. The van der Waals surface area contributed by atoms with E-state index < -0.39 is 11.4 Å². The zero-order valence-electron chi connectivity index (χ0n) is 21.2. The van der Waals surface area contributed by atoms with E-state index in [0.717, 1.165) is 38.3 Å². The van der Waals surface area contributed by atoms with Crippen LogP contribution < -0.4 is 9.47 Å². The quantitative estimate of drug-likeness (QED) is 0.492. The van der Waals surface area contributed by atoms with Crippen LogP contribution in [0.4, 0.5) is 4.39 Å². The van der Waals surface area contributed by atoms with E-state index in [4.69, 9.17) is 9.47 Å². The molecule has 0 spiro atoms. The van der Waals surface area contributed by atoms with Crippen LogP contribution in [0.1, 0.15) is 52.5 Å². The number of hydrogen-bond donors (Lipinski definition) is 1. The van der Waals surface area contributed by atoms with Crippen LogP contribution in [0.5, 0.6) is 11.5 Å². The van der Waals surface area contributed by atoms with Crippen LogP contribution in [0.15, 0.2) is 48.5 Å². The molecule has 1 heterocycles. The molecule has 0 radical (unpaired) electrons. The highest BCUT2D eigenvalue weighted by molar-refractivity contribution is 5.27. The molecule has 1 saturated heterocycles. The molecular weight excluding hydrogens is 431 g/mol. The van der Waals surface area contributed by atoms with Gasteiger partial charge in [-0.2, -0.15) is 0 Å². The van der Waals surface area contributed by atoms with Crippen LogP contribution in [0.25, 0.3) is 0 Å². The van der Waals surface area contributed by atoms with Crippen molar-refractivity contribution < 1.29 is 19.0 Å². The molecule has 1 N–H and O–H groups in total. The Labute approximate surface area is 204 Å². The fourth-order valence-electron chi connectivity index (χ4n) is 4.64. The van der Waals surface area contributed by atoms with Gasteiger partial charge in [0.15, 0.2) is 11.6 Å². The molecule has 1 aliphatic rings. The van der Waals surface area contributed by atoms with Crippen LogP contribution >= 0.6 is 0 Å². The molecule has 188 valence electrons. The molecule has 2 aromatic rings. The Balaban J connectivity index is 1.44. The lowest BCUT2D eigenvalue weighted by Crippen LogP contribution is -2.39. The smallest absolute Gasteiger partial charge is 0.165 e. The Morgan fingerprint density at radius 3 is 2.35 bits per heavy atom. The summed E-state index contributed by atoms with van der Waals surface area (Å²) in [5, 5.41) is 11.0. The standard InChI is InChI=1S/C28H41FN2O3/c1-22(2)31(23(3)4)18-19-33-25-12-10-24(11-13-25)20-30-16-7-14-28(32,15-17-30)21-34-27-9-6-5-8-26(27)29/h5-6,8-13,22-23,32H,7,14-21H2,1-4H3/t28-/m0/s1. The Morgan fingerprint density at radius 2 is 1.68 bits per heavy atom. The molecule has 3 rings (SSSR count). The maximum atomic E-state index is 13.8. The third-order valence-corrected chi connectivity index (χ3v) is 6.62. The van der Waals surface area contributed by atoms with Crippen molar-refractivity contribution in [2.75, 3.05) is 32.8 Å². The predicted molar refractivity (Wildman–Crippen MR) is 135 cm³/mol. The molecule has 5 nitrogen and oxygen atoms in total.